The molecule has 0 amide bonds. The summed E-state index contributed by atoms with van der Waals surface area (Å²) in [7, 11) is 0. The Kier molecular flexibility index (Phi) is 1.03. The zero-order chi connectivity index (χ0) is 6.20. The molecule has 2 nitrogen and oxygen atoms in total. The van der Waals surface area contributed by atoms with Gasteiger partial charge in [0.2, 0.25) is 0 Å². The van der Waals surface area contributed by atoms with Gasteiger partial charge in [0.15, 0.2) is 0 Å². The van der Waals surface area contributed by atoms with Crippen LogP contribution < -0.4 is 0 Å². The normalized spacial score (nSPS) is 25.5. The number of carbonyl (C=O) groups is 1. The van der Waals surface area contributed by atoms with Crippen molar-refractivity contribution in [3.63, 3.8) is 0 Å². The Balaban J connectivity index is 2.56. The van der Waals surface area contributed by atoms with Crippen LogP contribution >= 0.6 is 0 Å². The smallest absolute Gasteiger partial charge is 0.306 e. The highest BCUT2D eigenvalue weighted by Crippen LogP contribution is 2.24. The monoisotopic (exact) mass is 116 g/mol. The predicted octanol–water partition coefficient (Wildman–Crippen LogP) is 1.10. The van der Waals surface area contributed by atoms with Crippen LogP contribution in [0.15, 0.2) is 0 Å². The third-order valence-corrected chi connectivity index (χ3v) is 1.32. The Labute approximate surface area is 48.8 Å². The van der Waals surface area contributed by atoms with Crippen LogP contribution in [0.5, 0.6) is 0 Å². The summed E-state index contributed by atoms with van der Waals surface area (Å²) >= 11 is 0. The fraction of sp³-hybridized carbons (Fsp3) is 0.833. The third kappa shape index (κ3) is 0.997. The van der Waals surface area contributed by atoms with Gasteiger partial charge in [-0.15, -0.1) is 0 Å². The first-order chi connectivity index (χ1) is 3.60. The molecule has 0 radical (unpaired) electrons. The van der Waals surface area contributed by atoms with E-state index in [1.807, 2.05) is 13.8 Å². The summed E-state index contributed by atoms with van der Waals surface area (Å²) in [5, 5.41) is 0. The second kappa shape index (κ2) is 1.47. The number of ether oxygens (including phenoxy) is 1. The molecule has 2 heteroatoms. The summed E-state index contributed by atoms with van der Waals surface area (Å²) in [6, 6.07) is 0. The van der Waals surface area contributed by atoms with E-state index in [1.54, 1.807) is 0 Å². The van der Waals surface area contributed by atoms with Crippen LogP contribution in [0.2, 0.25) is 0 Å². The van der Waals surface area contributed by atoms with E-state index in [4.69, 9.17) is 4.74 Å². The molecule has 0 aromatic carbocycles. The molecule has 0 aromatic heterocycles. The summed E-state index contributed by atoms with van der Waals surface area (Å²) in [5.74, 6) is -0.0602. The molecule has 0 aromatic rings. The van der Waals surface area contributed by atoms with Gasteiger partial charge < -0.3 is 4.74 Å². The molecule has 0 bridgehead atoms. The lowest BCUT2D eigenvalue weighted by atomic mass is 10.1. The van der Waals surface area contributed by atoms with Gasteiger partial charge >= 0.3 is 5.97 Å². The van der Waals surface area contributed by atoms with Crippen molar-refractivity contribution < 1.29 is 9.53 Å². The quantitative estimate of drug-likeness (QED) is 0.350. The Morgan fingerprint density at radius 3 is 2.38 bits per heavy atom. The van der Waals surface area contributed by atoms with Gasteiger partial charge in [0.05, 0.1) is 0 Å². The van der Waals surface area contributed by atoms with E-state index in [0.717, 1.165) is 6.42 Å². The molecule has 1 heterocycles. The molecule has 0 N–H and O–H groups in total. The molecular formula is C6H10O2. The molecule has 0 unspecified atom stereocenters. The second-order valence-electron chi connectivity index (χ2n) is 2.73. The average molecular weight is 116 g/mol. The van der Waals surface area contributed by atoms with Crippen molar-refractivity contribution in [2.45, 2.75) is 32.3 Å². The first kappa shape index (κ1) is 5.60. The predicted molar refractivity (Wildman–Crippen MR) is 29.4 cm³/mol. The van der Waals surface area contributed by atoms with E-state index in [-0.39, 0.29) is 11.6 Å². The largest absolute Gasteiger partial charge is 0.460 e. The van der Waals surface area contributed by atoms with E-state index in [2.05, 4.69) is 0 Å². The molecule has 1 fully saturated rings. The summed E-state index contributed by atoms with van der Waals surface area (Å²) in [4.78, 5) is 10.4. The minimum atomic E-state index is -0.183. The van der Waals surface area contributed by atoms with Gasteiger partial charge in [0.25, 0.3) is 0 Å². The molecule has 0 aliphatic carbocycles. The van der Waals surface area contributed by atoms with Crippen LogP contribution in [-0.4, -0.2) is 11.6 Å². The Hall–Kier alpha value is -0.530. The van der Waals surface area contributed by atoms with Gasteiger partial charge in [-0.1, -0.05) is 0 Å². The van der Waals surface area contributed by atoms with Gasteiger partial charge in [-0.25, -0.2) is 0 Å². The minimum absolute atomic E-state index is 0.0602. The highest BCUT2D eigenvalue weighted by molar-refractivity contribution is 5.72. The van der Waals surface area contributed by atoms with E-state index in [1.165, 1.54) is 0 Å². The van der Waals surface area contributed by atoms with Crippen molar-refractivity contribution in [2.75, 3.05) is 0 Å². The van der Waals surface area contributed by atoms with E-state index < -0.39 is 0 Å². The highest BCUT2D eigenvalue weighted by Gasteiger charge is 2.30. The number of esters is 1. The maximum Gasteiger partial charge on any atom is 0.306 e. The molecule has 1 rings (SSSR count). The van der Waals surface area contributed by atoms with Crippen LogP contribution in [0.4, 0.5) is 0 Å². The summed E-state index contributed by atoms with van der Waals surface area (Å²) in [6.07, 6.45) is 1.46. The lowest BCUT2D eigenvalue weighted by Crippen LogP contribution is -2.17. The topological polar surface area (TPSA) is 26.3 Å². The van der Waals surface area contributed by atoms with Crippen LogP contribution in [0.25, 0.3) is 0 Å². The summed E-state index contributed by atoms with van der Waals surface area (Å²) in [5.41, 5.74) is -0.183. The van der Waals surface area contributed by atoms with Crippen LogP contribution in [0.1, 0.15) is 26.7 Å². The van der Waals surface area contributed by atoms with Crippen molar-refractivity contribution in [3.05, 3.63) is 0 Å². The fourth-order valence-electron chi connectivity index (χ4n) is 0.813. The van der Waals surface area contributed by atoms with Crippen LogP contribution in [0, 0.1) is 0 Å². The van der Waals surface area contributed by atoms with Gasteiger partial charge in [-0.3, -0.25) is 4.79 Å². The minimum Gasteiger partial charge on any atom is -0.460 e. The van der Waals surface area contributed by atoms with Crippen molar-refractivity contribution in [1.29, 1.82) is 0 Å². The van der Waals surface area contributed by atoms with Crippen LogP contribution in [-0.2, 0) is 9.53 Å². The summed E-state index contributed by atoms with van der Waals surface area (Å²) < 4.78 is 4.91. The van der Waals surface area contributed by atoms with Gasteiger partial charge in [0, 0.05) is 6.42 Å². The molecule has 0 atom stereocenters. The third-order valence-electron chi connectivity index (χ3n) is 1.32. The standard InChI is InChI=1S/C6H10O2/c1-6(2)4-3-5(7)8-6/h3-4H2,1-2H3/i7+2. The maximum atomic E-state index is 10.4. The molecule has 1 saturated heterocycles. The highest BCUT2D eigenvalue weighted by atomic mass is 18.1. The zero-order valence-corrected chi connectivity index (χ0v) is 5.23. The van der Waals surface area contributed by atoms with Gasteiger partial charge in [-0.2, -0.15) is 0 Å². The Bertz CT molecular complexity index is 116. The number of hydrogen-bond acceptors (Lipinski definition) is 2. The lowest BCUT2D eigenvalue weighted by molar-refractivity contribution is -0.145. The molecule has 8 heavy (non-hydrogen) atoms. The van der Waals surface area contributed by atoms with E-state index >= 15 is 0 Å². The van der Waals surface area contributed by atoms with Gasteiger partial charge in [-0.05, 0) is 20.3 Å². The van der Waals surface area contributed by atoms with E-state index in [0.29, 0.717) is 6.42 Å². The molecular weight excluding hydrogens is 106 g/mol. The maximum absolute atomic E-state index is 10.4. The average Bonchev–Trinajstić information content (AvgIpc) is 1.82. The lowest BCUT2D eigenvalue weighted by Gasteiger charge is -2.14. The van der Waals surface area contributed by atoms with Crippen molar-refractivity contribution in [3.8, 4) is 0 Å². The first-order valence-electron chi connectivity index (χ1n) is 2.82. The Morgan fingerprint density at radius 1 is 1.62 bits per heavy atom. The molecule has 1 aliphatic rings. The van der Waals surface area contributed by atoms with Crippen molar-refractivity contribution in [1.82, 2.24) is 0 Å². The molecule has 0 spiro atoms. The first-order valence-corrected chi connectivity index (χ1v) is 2.82. The van der Waals surface area contributed by atoms with Crippen molar-refractivity contribution in [2.24, 2.45) is 0 Å². The number of hydrogen-bond donors (Lipinski definition) is 0. The Morgan fingerprint density at radius 2 is 2.25 bits per heavy atom. The molecule has 46 valence electrons. The summed E-state index contributed by atoms with van der Waals surface area (Å²) in [6.45, 7) is 3.86. The van der Waals surface area contributed by atoms with E-state index in [9.17, 15) is 4.79 Å². The number of rotatable bonds is 0. The van der Waals surface area contributed by atoms with Gasteiger partial charge in [0.1, 0.15) is 5.60 Å². The number of cyclic esters (lactones) is 1. The SMILES string of the molecule is CC1(C)CCC(=[18O])O1. The van der Waals surface area contributed by atoms with Crippen molar-refractivity contribution >= 4 is 5.97 Å². The fourth-order valence-corrected chi connectivity index (χ4v) is 0.813. The molecule has 0 saturated carbocycles. The number of carbonyl (C=O) groups excluding carboxylic acids is 1. The van der Waals surface area contributed by atoms with Crippen LogP contribution in [0.3, 0.4) is 0 Å². The molecule has 1 aliphatic heterocycles. The zero-order valence-electron chi connectivity index (χ0n) is 5.23. The second-order valence-corrected chi connectivity index (χ2v) is 2.73.